The normalized spacial score (nSPS) is 10.9. The van der Waals surface area contributed by atoms with Gasteiger partial charge >= 0.3 is 0 Å². The van der Waals surface area contributed by atoms with E-state index in [2.05, 4.69) is 15.2 Å². The number of nitrogens with zero attached hydrogens (tertiary/aromatic N) is 4. The van der Waals surface area contributed by atoms with Crippen LogP contribution >= 0.6 is 35.0 Å². The number of aromatic nitrogens is 4. The van der Waals surface area contributed by atoms with Gasteiger partial charge in [-0.05, 0) is 55.0 Å². The van der Waals surface area contributed by atoms with E-state index in [1.54, 1.807) is 38.2 Å². The van der Waals surface area contributed by atoms with Gasteiger partial charge in [-0.1, -0.05) is 41.0 Å². The molecular formula is C23H20Cl2N4O2S. The van der Waals surface area contributed by atoms with E-state index < -0.39 is 0 Å². The van der Waals surface area contributed by atoms with Crippen LogP contribution in [0.1, 0.15) is 5.69 Å². The summed E-state index contributed by atoms with van der Waals surface area (Å²) in [5, 5.41) is 10.7. The molecular weight excluding hydrogens is 467 g/mol. The number of aryl methyl sites for hydroxylation is 1. The lowest BCUT2D eigenvalue weighted by Gasteiger charge is -2.14. The molecule has 0 saturated heterocycles. The zero-order valence-electron chi connectivity index (χ0n) is 17.5. The van der Waals surface area contributed by atoms with E-state index in [0.29, 0.717) is 27.4 Å². The molecule has 0 aliphatic rings. The van der Waals surface area contributed by atoms with Crippen molar-refractivity contribution in [1.29, 1.82) is 0 Å². The molecule has 0 N–H and O–H groups in total. The van der Waals surface area contributed by atoms with Gasteiger partial charge in [-0.15, -0.1) is 10.2 Å². The number of halogens is 2. The monoisotopic (exact) mass is 486 g/mol. The molecule has 0 unspecified atom stereocenters. The second-order valence-electron chi connectivity index (χ2n) is 6.72. The molecule has 6 nitrogen and oxygen atoms in total. The van der Waals surface area contributed by atoms with Gasteiger partial charge in [0, 0.05) is 22.7 Å². The van der Waals surface area contributed by atoms with E-state index in [1.165, 1.54) is 0 Å². The first kappa shape index (κ1) is 22.5. The molecule has 164 valence electrons. The van der Waals surface area contributed by atoms with E-state index in [9.17, 15) is 0 Å². The van der Waals surface area contributed by atoms with Crippen LogP contribution in [-0.2, 0) is 6.42 Å². The number of hydrogen-bond donors (Lipinski definition) is 0. The minimum atomic E-state index is 0.493. The van der Waals surface area contributed by atoms with Gasteiger partial charge in [0.25, 0.3) is 0 Å². The summed E-state index contributed by atoms with van der Waals surface area (Å²) in [6, 6.07) is 16.9. The molecule has 4 rings (SSSR count). The standard InChI is InChI=1S/C23H20Cl2N4O2S/c1-30-20-8-6-15(24)13-18(20)22-27-28-23(32-12-10-16-5-3-4-11-26-16)29(22)17-7-9-21(31-2)19(25)14-17/h3-9,11,13-14H,10,12H2,1-2H3. The number of thioether (sulfide) groups is 1. The number of methoxy groups -OCH3 is 2. The van der Waals surface area contributed by atoms with Crippen LogP contribution in [0.2, 0.25) is 10.0 Å². The highest BCUT2D eigenvalue weighted by Gasteiger charge is 2.20. The molecule has 0 aliphatic heterocycles. The molecule has 0 spiro atoms. The summed E-state index contributed by atoms with van der Waals surface area (Å²) in [5.74, 6) is 2.62. The zero-order valence-corrected chi connectivity index (χ0v) is 19.8. The van der Waals surface area contributed by atoms with Crippen LogP contribution in [0.25, 0.3) is 17.1 Å². The summed E-state index contributed by atoms with van der Waals surface area (Å²) in [7, 11) is 3.20. The topological polar surface area (TPSA) is 62.1 Å². The number of hydrogen-bond acceptors (Lipinski definition) is 6. The first-order valence-corrected chi connectivity index (χ1v) is 11.5. The molecule has 9 heteroatoms. The van der Waals surface area contributed by atoms with Crippen LogP contribution < -0.4 is 9.47 Å². The average molecular weight is 487 g/mol. The van der Waals surface area contributed by atoms with Crippen LogP contribution in [-0.4, -0.2) is 39.7 Å². The smallest absolute Gasteiger partial charge is 0.196 e. The van der Waals surface area contributed by atoms with Crippen LogP contribution in [0, 0.1) is 0 Å². The van der Waals surface area contributed by atoms with Crippen molar-refractivity contribution in [3.8, 4) is 28.6 Å². The van der Waals surface area contributed by atoms with Gasteiger partial charge in [0.15, 0.2) is 11.0 Å². The fourth-order valence-corrected chi connectivity index (χ4v) is 4.55. The predicted octanol–water partition coefficient (Wildman–Crippen LogP) is 5.99. The molecule has 32 heavy (non-hydrogen) atoms. The Morgan fingerprint density at radius 2 is 1.75 bits per heavy atom. The van der Waals surface area contributed by atoms with Gasteiger partial charge in [0.05, 0.1) is 30.5 Å². The summed E-state index contributed by atoms with van der Waals surface area (Å²) < 4.78 is 12.8. The Labute approximate surface area is 200 Å². The molecule has 0 atom stereocenters. The van der Waals surface area contributed by atoms with Gasteiger partial charge < -0.3 is 9.47 Å². The lowest BCUT2D eigenvalue weighted by molar-refractivity contribution is 0.415. The van der Waals surface area contributed by atoms with Crippen LogP contribution in [0.4, 0.5) is 0 Å². The number of benzene rings is 2. The molecule has 2 heterocycles. The Bertz CT molecular complexity index is 1220. The van der Waals surface area contributed by atoms with Gasteiger partial charge in [-0.3, -0.25) is 9.55 Å². The van der Waals surface area contributed by atoms with Crippen molar-refractivity contribution in [1.82, 2.24) is 19.7 Å². The van der Waals surface area contributed by atoms with Gasteiger partial charge in [-0.2, -0.15) is 0 Å². The third kappa shape index (κ3) is 4.85. The van der Waals surface area contributed by atoms with Crippen LogP contribution in [0.15, 0.2) is 66.0 Å². The minimum Gasteiger partial charge on any atom is -0.496 e. The first-order valence-electron chi connectivity index (χ1n) is 9.76. The Balaban J connectivity index is 1.75. The Morgan fingerprint density at radius 1 is 0.938 bits per heavy atom. The Kier molecular flexibility index (Phi) is 7.19. The van der Waals surface area contributed by atoms with Gasteiger partial charge in [-0.25, -0.2) is 0 Å². The third-order valence-electron chi connectivity index (χ3n) is 4.74. The molecule has 0 fully saturated rings. The minimum absolute atomic E-state index is 0.493. The lowest BCUT2D eigenvalue weighted by Crippen LogP contribution is -2.02. The van der Waals surface area contributed by atoms with Crippen molar-refractivity contribution in [3.05, 3.63) is 76.5 Å². The molecule has 4 aromatic rings. The summed E-state index contributed by atoms with van der Waals surface area (Å²) >= 11 is 14.3. The van der Waals surface area contributed by atoms with Crippen LogP contribution in [0.3, 0.4) is 0 Å². The van der Waals surface area contributed by atoms with Crippen molar-refractivity contribution in [3.63, 3.8) is 0 Å². The van der Waals surface area contributed by atoms with Crippen LogP contribution in [0.5, 0.6) is 11.5 Å². The Hall–Kier alpha value is -2.74. The largest absolute Gasteiger partial charge is 0.496 e. The van der Waals surface area contributed by atoms with Crippen molar-refractivity contribution < 1.29 is 9.47 Å². The highest BCUT2D eigenvalue weighted by Crippen LogP contribution is 2.36. The number of rotatable bonds is 8. The van der Waals surface area contributed by atoms with E-state index in [0.717, 1.165) is 34.3 Å². The van der Waals surface area contributed by atoms with Crippen molar-refractivity contribution >= 4 is 35.0 Å². The van der Waals surface area contributed by atoms with Crippen molar-refractivity contribution in [2.45, 2.75) is 11.6 Å². The summed E-state index contributed by atoms with van der Waals surface area (Å²) in [4.78, 5) is 4.39. The number of ether oxygens (including phenoxy) is 2. The maximum absolute atomic E-state index is 6.43. The van der Waals surface area contributed by atoms with Gasteiger partial charge in [0.1, 0.15) is 11.5 Å². The third-order valence-corrected chi connectivity index (χ3v) is 6.21. The molecule has 0 amide bonds. The first-order chi connectivity index (χ1) is 15.6. The molecule has 0 bridgehead atoms. The van der Waals surface area contributed by atoms with Crippen molar-refractivity contribution in [2.75, 3.05) is 20.0 Å². The SMILES string of the molecule is COc1ccc(-n2c(SCCc3ccccn3)nnc2-c2cc(Cl)ccc2OC)cc1Cl. The quantitative estimate of drug-likeness (QED) is 0.285. The summed E-state index contributed by atoms with van der Waals surface area (Å²) in [6.45, 7) is 0. The fourth-order valence-electron chi connectivity index (χ4n) is 3.21. The maximum atomic E-state index is 6.43. The average Bonchev–Trinajstić information content (AvgIpc) is 3.23. The summed E-state index contributed by atoms with van der Waals surface area (Å²) in [6.07, 6.45) is 2.60. The molecule has 0 radical (unpaired) electrons. The number of pyridine rings is 1. The molecule has 2 aromatic carbocycles. The highest BCUT2D eigenvalue weighted by molar-refractivity contribution is 7.99. The predicted molar refractivity (Wildman–Crippen MR) is 129 cm³/mol. The maximum Gasteiger partial charge on any atom is 0.196 e. The van der Waals surface area contributed by atoms with Gasteiger partial charge in [0.2, 0.25) is 0 Å². The van der Waals surface area contributed by atoms with E-state index >= 15 is 0 Å². The zero-order chi connectivity index (χ0) is 22.5. The Morgan fingerprint density at radius 3 is 2.47 bits per heavy atom. The summed E-state index contributed by atoms with van der Waals surface area (Å²) in [5.41, 5.74) is 2.56. The fraction of sp³-hybridized carbons (Fsp3) is 0.174. The second kappa shape index (κ2) is 10.3. The lowest BCUT2D eigenvalue weighted by atomic mass is 10.2. The second-order valence-corrected chi connectivity index (χ2v) is 8.63. The molecule has 0 aliphatic carbocycles. The van der Waals surface area contributed by atoms with Crippen molar-refractivity contribution in [2.24, 2.45) is 0 Å². The van der Waals surface area contributed by atoms with E-state index in [-0.39, 0.29) is 0 Å². The van der Waals surface area contributed by atoms with E-state index in [1.807, 2.05) is 53.1 Å². The highest BCUT2D eigenvalue weighted by atomic mass is 35.5. The molecule has 0 saturated carbocycles. The molecule has 2 aromatic heterocycles. The van der Waals surface area contributed by atoms with E-state index in [4.69, 9.17) is 32.7 Å².